The lowest BCUT2D eigenvalue weighted by molar-refractivity contribution is 0.122. The number of hydrogen-bond donors (Lipinski definition) is 2. The summed E-state index contributed by atoms with van der Waals surface area (Å²) in [6, 6.07) is 5.79. The molecular weight excluding hydrogens is 334 g/mol. The lowest BCUT2D eigenvalue weighted by Gasteiger charge is -2.27. The number of nitrogens with zero attached hydrogens (tertiary/aromatic N) is 2. The van der Waals surface area contributed by atoms with Gasteiger partial charge in [-0.3, -0.25) is 9.78 Å². The van der Waals surface area contributed by atoms with Crippen molar-refractivity contribution in [3.8, 4) is 11.6 Å². The summed E-state index contributed by atoms with van der Waals surface area (Å²) >= 11 is 0. The van der Waals surface area contributed by atoms with Crippen LogP contribution in [0.15, 0.2) is 23.0 Å². The van der Waals surface area contributed by atoms with Gasteiger partial charge in [-0.05, 0) is 30.5 Å². The van der Waals surface area contributed by atoms with E-state index >= 15 is 0 Å². The second kappa shape index (κ2) is 8.23. The van der Waals surface area contributed by atoms with Crippen LogP contribution in [0.25, 0.3) is 0 Å². The molecule has 1 aromatic heterocycles. The van der Waals surface area contributed by atoms with Gasteiger partial charge in [-0.25, -0.2) is 0 Å². The number of benzene rings is 1. The van der Waals surface area contributed by atoms with E-state index in [0.717, 1.165) is 23.3 Å². The molecule has 3 rings (SSSR count). The molecule has 1 aliphatic rings. The van der Waals surface area contributed by atoms with E-state index in [9.17, 15) is 9.90 Å². The molecule has 140 valence electrons. The summed E-state index contributed by atoms with van der Waals surface area (Å²) in [5.41, 5.74) is 1.88. The second-order valence-electron chi connectivity index (χ2n) is 6.42. The van der Waals surface area contributed by atoms with Gasteiger partial charge in [-0.2, -0.15) is 4.98 Å². The maximum atomic E-state index is 12.5. The van der Waals surface area contributed by atoms with Crippen LogP contribution in [0.3, 0.4) is 0 Å². The summed E-state index contributed by atoms with van der Waals surface area (Å²) in [5.74, 6) is 1.01. The van der Waals surface area contributed by atoms with Crippen molar-refractivity contribution < 1.29 is 14.6 Å². The Morgan fingerprint density at radius 3 is 2.77 bits per heavy atom. The highest BCUT2D eigenvalue weighted by Gasteiger charge is 2.18. The monoisotopic (exact) mass is 359 g/mol. The minimum Gasteiger partial charge on any atom is -0.493 e. The fourth-order valence-electron chi connectivity index (χ4n) is 2.96. The first kappa shape index (κ1) is 18.3. The van der Waals surface area contributed by atoms with Crippen LogP contribution in [0.4, 0.5) is 5.95 Å². The predicted octanol–water partition coefficient (Wildman–Crippen LogP) is 2.00. The van der Waals surface area contributed by atoms with E-state index in [0.29, 0.717) is 45.3 Å². The van der Waals surface area contributed by atoms with Crippen molar-refractivity contribution in [2.24, 2.45) is 0 Å². The Morgan fingerprint density at radius 2 is 2.12 bits per heavy atom. The molecule has 1 fully saturated rings. The first-order chi connectivity index (χ1) is 12.6. The standard InChI is InChI=1S/C19H25N3O4/c1-3-8-26-16-5-4-14(11-13(16)2)12-15-17(23)20-19(21-18(15)24)22-6-9-25-10-7-22/h4-5,11H,3,6-10,12H2,1-2H3,(H2,20,21,23,24). The van der Waals surface area contributed by atoms with Crippen LogP contribution < -0.4 is 15.2 Å². The normalized spacial score (nSPS) is 14.5. The highest BCUT2D eigenvalue weighted by atomic mass is 16.5. The highest BCUT2D eigenvalue weighted by molar-refractivity contribution is 5.41. The predicted molar refractivity (Wildman–Crippen MR) is 99.3 cm³/mol. The summed E-state index contributed by atoms with van der Waals surface area (Å²) in [7, 11) is 0. The molecule has 1 saturated heterocycles. The van der Waals surface area contributed by atoms with Gasteiger partial charge in [-0.15, -0.1) is 0 Å². The van der Waals surface area contributed by atoms with Crippen LogP contribution in [0.1, 0.15) is 30.0 Å². The molecule has 2 N–H and O–H groups in total. The minimum atomic E-state index is -0.317. The topological polar surface area (TPSA) is 87.7 Å². The van der Waals surface area contributed by atoms with Gasteiger partial charge in [0.05, 0.1) is 25.4 Å². The summed E-state index contributed by atoms with van der Waals surface area (Å²) in [6.45, 7) is 7.15. The fourth-order valence-corrected chi connectivity index (χ4v) is 2.96. The van der Waals surface area contributed by atoms with Gasteiger partial charge in [0.1, 0.15) is 5.75 Å². The largest absolute Gasteiger partial charge is 0.493 e. The highest BCUT2D eigenvalue weighted by Crippen LogP contribution is 2.23. The number of aryl methyl sites for hydroxylation is 1. The van der Waals surface area contributed by atoms with E-state index in [-0.39, 0.29) is 17.0 Å². The Hall–Kier alpha value is -2.54. The van der Waals surface area contributed by atoms with Gasteiger partial charge in [0.2, 0.25) is 11.8 Å². The van der Waals surface area contributed by atoms with E-state index in [1.165, 1.54) is 0 Å². The summed E-state index contributed by atoms with van der Waals surface area (Å²) in [5, 5.41) is 10.3. The van der Waals surface area contributed by atoms with Crippen LogP contribution in [-0.4, -0.2) is 48.0 Å². The number of rotatable bonds is 6. The Balaban J connectivity index is 1.79. The molecule has 0 bridgehead atoms. The van der Waals surface area contributed by atoms with E-state index in [4.69, 9.17) is 9.47 Å². The maximum Gasteiger partial charge on any atom is 0.259 e. The van der Waals surface area contributed by atoms with E-state index in [1.807, 2.05) is 30.0 Å². The van der Waals surface area contributed by atoms with Crippen LogP contribution in [0.2, 0.25) is 0 Å². The number of hydrogen-bond acceptors (Lipinski definition) is 6. The Labute approximate surface area is 152 Å². The Bertz CT molecular complexity index is 813. The number of H-pyrrole nitrogens is 1. The molecular formula is C19H25N3O4. The van der Waals surface area contributed by atoms with Crippen molar-refractivity contribution in [2.45, 2.75) is 26.7 Å². The van der Waals surface area contributed by atoms with Crippen molar-refractivity contribution in [2.75, 3.05) is 37.8 Å². The van der Waals surface area contributed by atoms with E-state index in [1.54, 1.807) is 0 Å². The molecule has 7 heteroatoms. The number of anilines is 1. The molecule has 26 heavy (non-hydrogen) atoms. The third-order valence-corrected chi connectivity index (χ3v) is 4.37. The van der Waals surface area contributed by atoms with Crippen molar-refractivity contribution >= 4 is 5.95 Å². The van der Waals surface area contributed by atoms with Gasteiger partial charge < -0.3 is 19.5 Å². The first-order valence-corrected chi connectivity index (χ1v) is 8.95. The summed E-state index contributed by atoms with van der Waals surface area (Å²) in [6.07, 6.45) is 1.26. The van der Waals surface area contributed by atoms with Crippen molar-refractivity contribution in [3.63, 3.8) is 0 Å². The molecule has 2 heterocycles. The SMILES string of the molecule is CCCOc1ccc(Cc2c(O)nc(N3CCOCC3)[nH]c2=O)cc1C. The van der Waals surface area contributed by atoms with Gasteiger partial charge in [0, 0.05) is 19.5 Å². The molecule has 0 aliphatic carbocycles. The molecule has 2 aromatic rings. The lowest BCUT2D eigenvalue weighted by Crippen LogP contribution is -2.38. The molecule has 0 atom stereocenters. The summed E-state index contributed by atoms with van der Waals surface area (Å²) < 4.78 is 11.0. The van der Waals surface area contributed by atoms with Crippen LogP contribution in [0, 0.1) is 6.92 Å². The van der Waals surface area contributed by atoms with Crippen molar-refractivity contribution in [1.82, 2.24) is 9.97 Å². The van der Waals surface area contributed by atoms with E-state index < -0.39 is 0 Å². The third-order valence-electron chi connectivity index (χ3n) is 4.37. The minimum absolute atomic E-state index is 0.223. The zero-order valence-corrected chi connectivity index (χ0v) is 15.2. The molecule has 0 spiro atoms. The van der Waals surface area contributed by atoms with Crippen LogP contribution in [-0.2, 0) is 11.2 Å². The molecule has 0 amide bonds. The zero-order valence-electron chi connectivity index (χ0n) is 15.2. The maximum absolute atomic E-state index is 12.5. The van der Waals surface area contributed by atoms with Crippen LogP contribution in [0.5, 0.6) is 11.6 Å². The van der Waals surface area contributed by atoms with E-state index in [2.05, 4.69) is 16.9 Å². The number of aromatic hydroxyl groups is 1. The smallest absolute Gasteiger partial charge is 0.259 e. The number of ether oxygens (including phenoxy) is 2. The zero-order chi connectivity index (χ0) is 18.5. The van der Waals surface area contributed by atoms with Crippen LogP contribution >= 0.6 is 0 Å². The summed E-state index contributed by atoms with van der Waals surface area (Å²) in [4.78, 5) is 21.3. The molecule has 0 unspecified atom stereocenters. The molecule has 1 aromatic carbocycles. The molecule has 0 radical (unpaired) electrons. The number of morpholine rings is 1. The van der Waals surface area contributed by atoms with Gasteiger partial charge in [0.15, 0.2) is 0 Å². The first-order valence-electron chi connectivity index (χ1n) is 8.95. The molecule has 0 saturated carbocycles. The average molecular weight is 359 g/mol. The van der Waals surface area contributed by atoms with Crippen molar-refractivity contribution in [3.05, 3.63) is 45.2 Å². The number of aromatic amines is 1. The molecule has 7 nitrogen and oxygen atoms in total. The Morgan fingerprint density at radius 1 is 1.35 bits per heavy atom. The number of nitrogens with one attached hydrogen (secondary N) is 1. The fraction of sp³-hybridized carbons (Fsp3) is 0.474. The average Bonchev–Trinajstić information content (AvgIpc) is 2.64. The quantitative estimate of drug-likeness (QED) is 0.820. The molecule has 1 aliphatic heterocycles. The Kier molecular flexibility index (Phi) is 5.78. The van der Waals surface area contributed by atoms with Gasteiger partial charge >= 0.3 is 0 Å². The second-order valence-corrected chi connectivity index (χ2v) is 6.42. The van der Waals surface area contributed by atoms with Gasteiger partial charge in [0.25, 0.3) is 5.56 Å². The number of aromatic nitrogens is 2. The van der Waals surface area contributed by atoms with Crippen molar-refractivity contribution in [1.29, 1.82) is 0 Å². The third kappa shape index (κ3) is 4.16. The van der Waals surface area contributed by atoms with Gasteiger partial charge in [-0.1, -0.05) is 19.1 Å². The lowest BCUT2D eigenvalue weighted by atomic mass is 10.0.